The van der Waals surface area contributed by atoms with Crippen molar-refractivity contribution < 1.29 is 4.79 Å². The van der Waals surface area contributed by atoms with Crippen LogP contribution in [0.2, 0.25) is 19.6 Å². The second kappa shape index (κ2) is 3.03. The molecule has 12 heavy (non-hydrogen) atoms. The number of nitrogens with two attached hydrogens (primary N) is 1. The summed E-state index contributed by atoms with van der Waals surface area (Å²) in [5.41, 5.74) is 5.97. The lowest BCUT2D eigenvalue weighted by atomic mass is 10.3. The molecule has 2 N–H and O–H groups in total. The molecule has 2 nitrogen and oxygen atoms in total. The van der Waals surface area contributed by atoms with E-state index in [1.807, 2.05) is 11.4 Å². The summed E-state index contributed by atoms with van der Waals surface area (Å²) in [4.78, 5) is 11.0. The maximum absolute atomic E-state index is 11.0. The zero-order valence-corrected chi connectivity index (χ0v) is 9.37. The molecule has 0 atom stereocenters. The molecule has 4 heteroatoms. The molecule has 66 valence electrons. The predicted molar refractivity (Wildman–Crippen MR) is 55.8 cm³/mol. The van der Waals surface area contributed by atoms with Crippen LogP contribution in [0.3, 0.4) is 0 Å². The first-order valence-electron chi connectivity index (χ1n) is 3.80. The molecule has 0 radical (unpaired) electrons. The SMILES string of the molecule is C[Si](C)(C)c1sccc1C(N)=O. The van der Waals surface area contributed by atoms with Crippen LogP contribution in [-0.4, -0.2) is 14.0 Å². The Balaban J connectivity index is 3.17. The van der Waals surface area contributed by atoms with E-state index in [1.165, 1.54) is 4.50 Å². The Morgan fingerprint density at radius 2 is 2.08 bits per heavy atom. The molecular formula is C8H13NOSSi. The smallest absolute Gasteiger partial charge is 0.249 e. The van der Waals surface area contributed by atoms with Crippen molar-refractivity contribution in [3.05, 3.63) is 17.0 Å². The normalized spacial score (nSPS) is 11.6. The van der Waals surface area contributed by atoms with E-state index in [-0.39, 0.29) is 5.91 Å². The third kappa shape index (κ3) is 1.76. The van der Waals surface area contributed by atoms with Crippen molar-refractivity contribution in [2.45, 2.75) is 19.6 Å². The number of carbonyl (C=O) groups excluding carboxylic acids is 1. The number of amides is 1. The van der Waals surface area contributed by atoms with Crippen molar-refractivity contribution in [3.8, 4) is 0 Å². The second-order valence-electron chi connectivity index (χ2n) is 3.78. The lowest BCUT2D eigenvalue weighted by molar-refractivity contribution is 0.100. The fourth-order valence-electron chi connectivity index (χ4n) is 1.08. The van der Waals surface area contributed by atoms with E-state index in [0.717, 1.165) is 5.56 Å². The van der Waals surface area contributed by atoms with Gasteiger partial charge in [0, 0.05) is 10.1 Å². The molecule has 1 heterocycles. The monoisotopic (exact) mass is 199 g/mol. The molecule has 0 saturated carbocycles. The number of hydrogen-bond donors (Lipinski definition) is 1. The zero-order chi connectivity index (χ0) is 9.35. The Morgan fingerprint density at radius 3 is 2.42 bits per heavy atom. The predicted octanol–water partition coefficient (Wildman–Crippen LogP) is 1.39. The number of rotatable bonds is 2. The molecule has 0 unspecified atom stereocenters. The Morgan fingerprint density at radius 1 is 1.50 bits per heavy atom. The van der Waals surface area contributed by atoms with Crippen molar-refractivity contribution in [3.63, 3.8) is 0 Å². The van der Waals surface area contributed by atoms with Gasteiger partial charge in [-0.1, -0.05) is 19.6 Å². The molecule has 0 bridgehead atoms. The Hall–Kier alpha value is -0.613. The van der Waals surface area contributed by atoms with Gasteiger partial charge in [0.1, 0.15) is 0 Å². The van der Waals surface area contributed by atoms with E-state index in [4.69, 9.17) is 5.73 Å². The maximum Gasteiger partial charge on any atom is 0.249 e. The van der Waals surface area contributed by atoms with Crippen LogP contribution in [0.25, 0.3) is 0 Å². The van der Waals surface area contributed by atoms with Crippen LogP contribution >= 0.6 is 11.3 Å². The van der Waals surface area contributed by atoms with Gasteiger partial charge < -0.3 is 5.73 Å². The molecule has 0 fully saturated rings. The summed E-state index contributed by atoms with van der Waals surface area (Å²) in [6.45, 7) is 6.64. The lowest BCUT2D eigenvalue weighted by Crippen LogP contribution is -2.39. The highest BCUT2D eigenvalue weighted by atomic mass is 32.1. The summed E-state index contributed by atoms with van der Waals surface area (Å²) in [5, 5.41) is 1.94. The highest BCUT2D eigenvalue weighted by Gasteiger charge is 2.23. The minimum Gasteiger partial charge on any atom is -0.366 e. The minimum atomic E-state index is -1.37. The largest absolute Gasteiger partial charge is 0.366 e. The van der Waals surface area contributed by atoms with E-state index in [9.17, 15) is 4.79 Å². The van der Waals surface area contributed by atoms with Gasteiger partial charge in [0.05, 0.1) is 8.07 Å². The Labute approximate surface area is 77.4 Å². The number of hydrogen-bond acceptors (Lipinski definition) is 2. The van der Waals surface area contributed by atoms with Crippen LogP contribution in [0.1, 0.15) is 10.4 Å². The van der Waals surface area contributed by atoms with E-state index >= 15 is 0 Å². The van der Waals surface area contributed by atoms with Gasteiger partial charge in [-0.3, -0.25) is 4.79 Å². The number of thiophene rings is 1. The van der Waals surface area contributed by atoms with Crippen LogP contribution in [0.15, 0.2) is 11.4 Å². The van der Waals surface area contributed by atoms with Gasteiger partial charge in [-0.2, -0.15) is 11.3 Å². The van der Waals surface area contributed by atoms with Crippen molar-refractivity contribution in [2.75, 3.05) is 0 Å². The molecule has 0 aliphatic carbocycles. The fourth-order valence-corrected chi connectivity index (χ4v) is 4.35. The van der Waals surface area contributed by atoms with Crippen LogP contribution < -0.4 is 10.2 Å². The summed E-state index contributed by atoms with van der Waals surface area (Å²) in [7, 11) is -1.37. The Kier molecular flexibility index (Phi) is 2.39. The topological polar surface area (TPSA) is 43.1 Å². The summed E-state index contributed by atoms with van der Waals surface area (Å²) < 4.78 is 1.20. The van der Waals surface area contributed by atoms with Gasteiger partial charge >= 0.3 is 0 Å². The van der Waals surface area contributed by atoms with Gasteiger partial charge in [0.25, 0.3) is 0 Å². The van der Waals surface area contributed by atoms with E-state index in [2.05, 4.69) is 19.6 Å². The van der Waals surface area contributed by atoms with Gasteiger partial charge in [-0.05, 0) is 11.4 Å². The highest BCUT2D eigenvalue weighted by Crippen LogP contribution is 2.11. The summed E-state index contributed by atoms with van der Waals surface area (Å²) in [6.07, 6.45) is 0. The van der Waals surface area contributed by atoms with Crippen LogP contribution in [-0.2, 0) is 0 Å². The van der Waals surface area contributed by atoms with Crippen LogP contribution in [0.5, 0.6) is 0 Å². The van der Waals surface area contributed by atoms with Gasteiger partial charge in [-0.15, -0.1) is 0 Å². The van der Waals surface area contributed by atoms with E-state index in [0.29, 0.717) is 0 Å². The molecule has 0 saturated heterocycles. The number of carbonyl (C=O) groups is 1. The quantitative estimate of drug-likeness (QED) is 0.719. The van der Waals surface area contributed by atoms with Gasteiger partial charge in [-0.25, -0.2) is 0 Å². The molecule has 1 aromatic rings. The van der Waals surface area contributed by atoms with E-state index in [1.54, 1.807) is 11.3 Å². The molecule has 0 aromatic carbocycles. The Bertz CT molecular complexity index is 300. The summed E-state index contributed by atoms with van der Waals surface area (Å²) >= 11 is 1.65. The molecule has 1 aromatic heterocycles. The molecule has 0 spiro atoms. The van der Waals surface area contributed by atoms with Crippen LogP contribution in [0, 0.1) is 0 Å². The molecule has 0 aliphatic rings. The van der Waals surface area contributed by atoms with Crippen molar-refractivity contribution in [2.24, 2.45) is 5.73 Å². The van der Waals surface area contributed by atoms with Gasteiger partial charge in [0.15, 0.2) is 0 Å². The second-order valence-corrected chi connectivity index (χ2v) is 10.1. The van der Waals surface area contributed by atoms with Crippen molar-refractivity contribution >= 4 is 29.8 Å². The first-order valence-corrected chi connectivity index (χ1v) is 8.18. The van der Waals surface area contributed by atoms with Crippen LogP contribution in [0.4, 0.5) is 0 Å². The van der Waals surface area contributed by atoms with Crippen molar-refractivity contribution in [1.29, 1.82) is 0 Å². The summed E-state index contributed by atoms with van der Waals surface area (Å²) in [5.74, 6) is -0.298. The average Bonchev–Trinajstić information content (AvgIpc) is 2.30. The number of primary amides is 1. The highest BCUT2D eigenvalue weighted by molar-refractivity contribution is 7.25. The average molecular weight is 199 g/mol. The van der Waals surface area contributed by atoms with Crippen molar-refractivity contribution in [1.82, 2.24) is 0 Å². The summed E-state index contributed by atoms with van der Waals surface area (Å²) in [6, 6.07) is 1.82. The fraction of sp³-hybridized carbons (Fsp3) is 0.375. The molecule has 1 rings (SSSR count). The molecular weight excluding hydrogens is 186 g/mol. The standard InChI is InChI=1S/C8H13NOSSi/c1-12(2,3)8-6(7(9)10)4-5-11-8/h4-5H,1-3H3,(H2,9,10). The first kappa shape index (κ1) is 9.47. The third-order valence-corrected chi connectivity index (χ3v) is 6.16. The lowest BCUT2D eigenvalue weighted by Gasteiger charge is -2.14. The minimum absolute atomic E-state index is 0.298. The van der Waals surface area contributed by atoms with Gasteiger partial charge in [0.2, 0.25) is 5.91 Å². The van der Waals surface area contributed by atoms with E-state index < -0.39 is 8.07 Å². The third-order valence-electron chi connectivity index (χ3n) is 1.61. The maximum atomic E-state index is 11.0. The zero-order valence-electron chi connectivity index (χ0n) is 7.55. The molecule has 0 aliphatic heterocycles. The first-order chi connectivity index (χ1) is 5.43. The molecule has 1 amide bonds.